The Hall–Kier alpha value is -0.830. The molecule has 1 unspecified atom stereocenters. The first-order valence-electron chi connectivity index (χ1n) is 2.85. The predicted octanol–water partition coefficient (Wildman–Crippen LogP) is -0.313. The Morgan fingerprint density at radius 1 is 2.00 bits per heavy atom. The van der Waals surface area contributed by atoms with Crippen molar-refractivity contribution in [3.05, 3.63) is 12.7 Å². The van der Waals surface area contributed by atoms with Gasteiger partial charge in [-0.3, -0.25) is 4.79 Å². The van der Waals surface area contributed by atoms with Crippen molar-refractivity contribution in [3.63, 3.8) is 0 Å². The van der Waals surface area contributed by atoms with E-state index in [1.165, 1.54) is 0 Å². The normalized spacial score (nSPS) is 24.4. The summed E-state index contributed by atoms with van der Waals surface area (Å²) in [7, 11) is 0. The van der Waals surface area contributed by atoms with Crippen LogP contribution < -0.4 is 5.32 Å². The highest BCUT2D eigenvalue weighted by Crippen LogP contribution is 1.99. The topological polar surface area (TPSA) is 38.3 Å². The molecule has 0 saturated carbocycles. The van der Waals surface area contributed by atoms with Crippen LogP contribution in [0.1, 0.15) is 0 Å². The Balaban J connectivity index is 2.13. The third-order valence-electron chi connectivity index (χ3n) is 1.17. The number of nitrogens with one attached hydrogen (secondary N) is 1. The first-order valence-corrected chi connectivity index (χ1v) is 2.85. The minimum absolute atomic E-state index is 0.0168. The van der Waals surface area contributed by atoms with Crippen LogP contribution in [0.5, 0.6) is 0 Å². The molecule has 0 aromatic carbocycles. The van der Waals surface area contributed by atoms with Gasteiger partial charge in [0.05, 0.1) is 13.2 Å². The van der Waals surface area contributed by atoms with Crippen molar-refractivity contribution in [2.45, 2.75) is 6.10 Å². The lowest BCUT2D eigenvalue weighted by molar-refractivity contribution is -0.140. The largest absolute Gasteiger partial charge is 0.362 e. The predicted molar refractivity (Wildman–Crippen MR) is 32.9 cm³/mol. The fraction of sp³-hybridized carbons (Fsp3) is 0.500. The number of carbonyl (C=O) groups is 1. The van der Waals surface area contributed by atoms with E-state index in [1.807, 2.05) is 0 Å². The summed E-state index contributed by atoms with van der Waals surface area (Å²) < 4.78 is 5.01. The lowest BCUT2D eigenvalue weighted by Crippen LogP contribution is -2.54. The molecular weight excluding hydrogens is 118 g/mol. The zero-order valence-electron chi connectivity index (χ0n) is 5.09. The first kappa shape index (κ1) is 6.29. The summed E-state index contributed by atoms with van der Waals surface area (Å²) in [4.78, 5) is 10.5. The van der Waals surface area contributed by atoms with Gasteiger partial charge in [0.1, 0.15) is 0 Å². The number of rotatable bonds is 3. The first-order chi connectivity index (χ1) is 4.34. The van der Waals surface area contributed by atoms with Crippen LogP contribution in [0, 0.1) is 0 Å². The molecule has 3 heteroatoms. The maximum Gasteiger partial charge on any atom is 0.251 e. The number of hydrogen-bond acceptors (Lipinski definition) is 2. The summed E-state index contributed by atoms with van der Waals surface area (Å²) in [5.74, 6) is -0.0168. The number of hydrogen-bond donors (Lipinski definition) is 1. The number of amides is 1. The smallest absolute Gasteiger partial charge is 0.251 e. The Morgan fingerprint density at radius 2 is 2.78 bits per heavy atom. The van der Waals surface area contributed by atoms with Gasteiger partial charge in [-0.1, -0.05) is 6.08 Å². The van der Waals surface area contributed by atoms with Crippen LogP contribution in [-0.2, 0) is 9.53 Å². The molecule has 9 heavy (non-hydrogen) atoms. The molecule has 0 radical (unpaired) electrons. The van der Waals surface area contributed by atoms with Gasteiger partial charge in [0, 0.05) is 0 Å². The molecule has 1 aliphatic heterocycles. The Labute approximate surface area is 53.7 Å². The van der Waals surface area contributed by atoms with Crippen LogP contribution >= 0.6 is 0 Å². The van der Waals surface area contributed by atoms with Crippen molar-refractivity contribution in [1.29, 1.82) is 0 Å². The zero-order chi connectivity index (χ0) is 6.69. The second kappa shape index (κ2) is 2.64. The van der Waals surface area contributed by atoms with Gasteiger partial charge in [-0.25, -0.2) is 0 Å². The molecule has 1 atom stereocenters. The maximum atomic E-state index is 10.5. The minimum atomic E-state index is -0.219. The minimum Gasteiger partial charge on any atom is -0.362 e. The third kappa shape index (κ3) is 1.29. The highest BCUT2D eigenvalue weighted by atomic mass is 16.5. The SMILES string of the molecule is C=CCOC1CNC1=O. The molecule has 3 nitrogen and oxygen atoms in total. The Bertz CT molecular complexity index is 133. The van der Waals surface area contributed by atoms with E-state index in [9.17, 15) is 4.79 Å². The van der Waals surface area contributed by atoms with Gasteiger partial charge in [-0.05, 0) is 0 Å². The van der Waals surface area contributed by atoms with Gasteiger partial charge in [-0.15, -0.1) is 6.58 Å². The molecule has 1 N–H and O–H groups in total. The Kier molecular flexibility index (Phi) is 1.85. The summed E-state index contributed by atoms with van der Waals surface area (Å²) in [6.45, 7) is 4.56. The molecule has 50 valence electrons. The third-order valence-corrected chi connectivity index (χ3v) is 1.17. The van der Waals surface area contributed by atoms with E-state index in [2.05, 4.69) is 11.9 Å². The van der Waals surface area contributed by atoms with Crippen LogP contribution in [0.15, 0.2) is 12.7 Å². The van der Waals surface area contributed by atoms with Gasteiger partial charge in [0.15, 0.2) is 6.10 Å². The Morgan fingerprint density at radius 3 is 3.11 bits per heavy atom. The van der Waals surface area contributed by atoms with Crippen molar-refractivity contribution in [1.82, 2.24) is 5.32 Å². The van der Waals surface area contributed by atoms with Gasteiger partial charge in [0.2, 0.25) is 0 Å². The van der Waals surface area contributed by atoms with Gasteiger partial charge >= 0.3 is 0 Å². The van der Waals surface area contributed by atoms with Gasteiger partial charge in [-0.2, -0.15) is 0 Å². The van der Waals surface area contributed by atoms with E-state index in [0.29, 0.717) is 13.2 Å². The van der Waals surface area contributed by atoms with Gasteiger partial charge in [0.25, 0.3) is 5.91 Å². The monoisotopic (exact) mass is 127 g/mol. The molecule has 0 aromatic rings. The van der Waals surface area contributed by atoms with Crippen LogP contribution in [0.25, 0.3) is 0 Å². The van der Waals surface area contributed by atoms with Crippen LogP contribution in [0.4, 0.5) is 0 Å². The zero-order valence-corrected chi connectivity index (χ0v) is 5.09. The van der Waals surface area contributed by atoms with E-state index in [0.717, 1.165) is 0 Å². The van der Waals surface area contributed by atoms with E-state index >= 15 is 0 Å². The highest BCUT2D eigenvalue weighted by Gasteiger charge is 2.27. The quantitative estimate of drug-likeness (QED) is 0.417. The average molecular weight is 127 g/mol. The molecule has 0 spiro atoms. The van der Waals surface area contributed by atoms with Gasteiger partial charge < -0.3 is 10.1 Å². The van der Waals surface area contributed by atoms with Crippen LogP contribution in [0.2, 0.25) is 0 Å². The number of ether oxygens (including phenoxy) is 1. The van der Waals surface area contributed by atoms with Crippen molar-refractivity contribution < 1.29 is 9.53 Å². The summed E-state index contributed by atoms with van der Waals surface area (Å²) in [6.07, 6.45) is 1.41. The lowest BCUT2D eigenvalue weighted by atomic mass is 10.2. The summed E-state index contributed by atoms with van der Waals surface area (Å²) in [6, 6.07) is 0. The van der Waals surface area contributed by atoms with E-state index < -0.39 is 0 Å². The second-order valence-electron chi connectivity index (χ2n) is 1.86. The second-order valence-corrected chi connectivity index (χ2v) is 1.86. The molecule has 0 aliphatic carbocycles. The van der Waals surface area contributed by atoms with Crippen LogP contribution in [-0.4, -0.2) is 25.2 Å². The molecule has 1 heterocycles. The summed E-state index contributed by atoms with van der Waals surface area (Å²) in [5, 5.41) is 2.57. The van der Waals surface area contributed by atoms with Crippen molar-refractivity contribution >= 4 is 5.91 Å². The van der Waals surface area contributed by atoms with E-state index in [-0.39, 0.29) is 12.0 Å². The molecule has 1 amide bonds. The molecule has 0 aromatic heterocycles. The number of carbonyl (C=O) groups excluding carboxylic acids is 1. The molecule has 0 bridgehead atoms. The molecule has 1 saturated heterocycles. The lowest BCUT2D eigenvalue weighted by Gasteiger charge is -2.24. The fourth-order valence-electron chi connectivity index (χ4n) is 0.588. The molecule has 1 aliphatic rings. The molecular formula is C6H9NO2. The van der Waals surface area contributed by atoms with Crippen molar-refractivity contribution in [3.8, 4) is 0 Å². The van der Waals surface area contributed by atoms with Crippen molar-refractivity contribution in [2.75, 3.05) is 13.2 Å². The van der Waals surface area contributed by atoms with E-state index in [4.69, 9.17) is 4.74 Å². The number of β-lactam (4-membered cyclic amide) rings is 1. The standard InChI is InChI=1S/C6H9NO2/c1-2-3-9-5-4-7-6(5)8/h2,5H,1,3-4H2,(H,7,8). The fourth-order valence-corrected chi connectivity index (χ4v) is 0.588. The van der Waals surface area contributed by atoms with Crippen molar-refractivity contribution in [2.24, 2.45) is 0 Å². The maximum absolute atomic E-state index is 10.5. The summed E-state index contributed by atoms with van der Waals surface area (Å²) in [5.41, 5.74) is 0. The molecule has 1 fully saturated rings. The van der Waals surface area contributed by atoms with Crippen LogP contribution in [0.3, 0.4) is 0 Å². The molecule has 1 rings (SSSR count). The van der Waals surface area contributed by atoms with E-state index in [1.54, 1.807) is 6.08 Å². The average Bonchev–Trinajstić information content (AvgIpc) is 1.86. The summed E-state index contributed by atoms with van der Waals surface area (Å²) >= 11 is 0. The highest BCUT2D eigenvalue weighted by molar-refractivity contribution is 5.86.